The van der Waals surface area contributed by atoms with Gasteiger partial charge in [0.1, 0.15) is 11.0 Å². The third-order valence-corrected chi connectivity index (χ3v) is 3.98. The maximum absolute atomic E-state index is 11.9. The van der Waals surface area contributed by atoms with Crippen molar-refractivity contribution in [1.29, 1.82) is 0 Å². The fraction of sp³-hybridized carbons (Fsp3) is 0.571. The van der Waals surface area contributed by atoms with E-state index in [-0.39, 0.29) is 4.75 Å². The van der Waals surface area contributed by atoms with Crippen LogP contribution in [0.1, 0.15) is 52.3 Å². The molecule has 0 saturated heterocycles. The molecule has 1 aromatic rings. The Morgan fingerprint density at radius 2 is 2.06 bits per heavy atom. The molecular weight excluding hydrogens is 244 g/mol. The fourth-order valence-electron chi connectivity index (χ4n) is 1.36. The van der Waals surface area contributed by atoms with E-state index in [0.717, 1.165) is 29.8 Å². The van der Waals surface area contributed by atoms with E-state index in [1.54, 1.807) is 0 Å². The monoisotopic (exact) mass is 266 g/mol. The molecule has 0 aliphatic rings. The Kier molecular flexibility index (Phi) is 5.20. The lowest BCUT2D eigenvalue weighted by atomic mass is 10.1. The molecule has 0 fully saturated rings. The van der Waals surface area contributed by atoms with Gasteiger partial charge in [0.15, 0.2) is 0 Å². The second-order valence-electron chi connectivity index (χ2n) is 5.33. The number of nitrogens with zero attached hydrogens (tertiary/aromatic N) is 2. The summed E-state index contributed by atoms with van der Waals surface area (Å²) in [7, 11) is -1.22. The van der Waals surface area contributed by atoms with Gasteiger partial charge in [0, 0.05) is 17.5 Å². The minimum atomic E-state index is -1.22. The van der Waals surface area contributed by atoms with E-state index in [1.807, 2.05) is 46.0 Å². The third-order valence-electron chi connectivity index (χ3n) is 2.49. The Bertz CT molecular complexity index is 444. The molecule has 0 radical (unpaired) electrons. The predicted octanol–water partition coefficient (Wildman–Crippen LogP) is 3.31. The Morgan fingerprint density at radius 3 is 2.50 bits per heavy atom. The third kappa shape index (κ3) is 4.33. The number of rotatable bonds is 4. The average molecular weight is 266 g/mol. The molecule has 0 saturated carbocycles. The van der Waals surface area contributed by atoms with Crippen LogP contribution in [0.5, 0.6) is 0 Å². The Morgan fingerprint density at radius 1 is 1.39 bits per heavy atom. The highest BCUT2D eigenvalue weighted by Gasteiger charge is 2.19. The summed E-state index contributed by atoms with van der Waals surface area (Å²) in [6.07, 6.45) is 3.89. The van der Waals surface area contributed by atoms with Crippen LogP contribution in [0.3, 0.4) is 0 Å². The number of aryl methyl sites for hydroxylation is 1. The molecular formula is C14H22N2OS. The van der Waals surface area contributed by atoms with Gasteiger partial charge in [-0.25, -0.2) is 4.21 Å². The summed E-state index contributed by atoms with van der Waals surface area (Å²) in [4.78, 5) is 4.38. The van der Waals surface area contributed by atoms with Crippen molar-refractivity contribution in [2.24, 2.45) is 4.40 Å². The Labute approximate surface area is 112 Å². The largest absolute Gasteiger partial charge is 0.261 e. The van der Waals surface area contributed by atoms with E-state index in [1.165, 1.54) is 0 Å². The average Bonchev–Trinajstić information content (AvgIpc) is 2.29. The van der Waals surface area contributed by atoms with Gasteiger partial charge in [-0.05, 0) is 46.2 Å². The SMILES string of the molecule is CCCc1ccc(/C(C)=N/[S@](=O)C(C)(C)C)cn1. The summed E-state index contributed by atoms with van der Waals surface area (Å²) in [5.41, 5.74) is 2.80. The molecule has 0 aliphatic carbocycles. The quantitative estimate of drug-likeness (QED) is 0.785. The van der Waals surface area contributed by atoms with Crippen LogP contribution in [0.25, 0.3) is 0 Å². The zero-order valence-electron chi connectivity index (χ0n) is 11.9. The molecule has 18 heavy (non-hydrogen) atoms. The van der Waals surface area contributed by atoms with E-state index in [2.05, 4.69) is 16.3 Å². The summed E-state index contributed by atoms with van der Waals surface area (Å²) in [6, 6.07) is 4.01. The van der Waals surface area contributed by atoms with Crippen molar-refractivity contribution in [2.45, 2.75) is 52.2 Å². The molecule has 0 N–H and O–H groups in total. The number of hydrogen-bond acceptors (Lipinski definition) is 2. The van der Waals surface area contributed by atoms with E-state index in [9.17, 15) is 4.21 Å². The second-order valence-corrected chi connectivity index (χ2v) is 7.23. The van der Waals surface area contributed by atoms with E-state index >= 15 is 0 Å². The topological polar surface area (TPSA) is 42.3 Å². The van der Waals surface area contributed by atoms with Crippen LogP contribution in [0.2, 0.25) is 0 Å². The van der Waals surface area contributed by atoms with Crippen LogP contribution in [0.15, 0.2) is 22.7 Å². The van der Waals surface area contributed by atoms with Gasteiger partial charge in [0.25, 0.3) is 0 Å². The Balaban J connectivity index is 2.87. The van der Waals surface area contributed by atoms with Gasteiger partial charge < -0.3 is 0 Å². The molecule has 0 amide bonds. The summed E-state index contributed by atoms with van der Waals surface area (Å²) >= 11 is 0. The highest BCUT2D eigenvalue weighted by atomic mass is 32.2. The van der Waals surface area contributed by atoms with Gasteiger partial charge in [-0.15, -0.1) is 0 Å². The van der Waals surface area contributed by atoms with Crippen molar-refractivity contribution < 1.29 is 4.21 Å². The zero-order chi connectivity index (χ0) is 13.8. The molecule has 100 valence electrons. The molecule has 1 rings (SSSR count). The van der Waals surface area contributed by atoms with Crippen molar-refractivity contribution >= 4 is 16.7 Å². The van der Waals surface area contributed by atoms with Crippen molar-refractivity contribution in [3.8, 4) is 0 Å². The molecule has 1 aromatic heterocycles. The maximum atomic E-state index is 11.9. The smallest absolute Gasteiger partial charge is 0.145 e. The molecule has 4 heteroatoms. The van der Waals surface area contributed by atoms with Gasteiger partial charge in [0.2, 0.25) is 0 Å². The molecule has 0 unspecified atom stereocenters. The van der Waals surface area contributed by atoms with Crippen LogP contribution < -0.4 is 0 Å². The summed E-state index contributed by atoms with van der Waals surface area (Å²) in [5.74, 6) is 0. The lowest BCUT2D eigenvalue weighted by Gasteiger charge is -2.14. The van der Waals surface area contributed by atoms with Crippen LogP contribution in [0.4, 0.5) is 0 Å². The standard InChI is InChI=1S/C14H22N2OS/c1-6-7-13-9-8-12(10-15-13)11(2)16-18(17)14(3,4)5/h8-10H,6-7H2,1-5H3/b16-11+/t18-/m1/s1. The predicted molar refractivity (Wildman–Crippen MR) is 78.3 cm³/mol. The van der Waals surface area contributed by atoms with Crippen molar-refractivity contribution in [3.05, 3.63) is 29.6 Å². The van der Waals surface area contributed by atoms with E-state index < -0.39 is 11.0 Å². The van der Waals surface area contributed by atoms with E-state index in [4.69, 9.17) is 0 Å². The zero-order valence-corrected chi connectivity index (χ0v) is 12.7. The molecule has 0 spiro atoms. The molecule has 0 bridgehead atoms. The highest BCUT2D eigenvalue weighted by Crippen LogP contribution is 2.14. The molecule has 1 atom stereocenters. The number of aromatic nitrogens is 1. The van der Waals surface area contributed by atoms with Crippen LogP contribution in [0, 0.1) is 0 Å². The summed E-state index contributed by atoms with van der Waals surface area (Å²) in [5, 5.41) is 0. The molecule has 3 nitrogen and oxygen atoms in total. The van der Waals surface area contributed by atoms with Gasteiger partial charge in [-0.2, -0.15) is 4.40 Å². The first-order valence-corrected chi connectivity index (χ1v) is 7.38. The van der Waals surface area contributed by atoms with Crippen molar-refractivity contribution in [2.75, 3.05) is 0 Å². The first kappa shape index (κ1) is 15.0. The molecule has 0 aliphatic heterocycles. The Hall–Kier alpha value is -1.03. The summed E-state index contributed by atoms with van der Waals surface area (Å²) < 4.78 is 15.8. The van der Waals surface area contributed by atoms with Gasteiger partial charge in [0.05, 0.1) is 10.5 Å². The fourth-order valence-corrected chi connectivity index (χ4v) is 1.98. The molecule has 0 aromatic carbocycles. The first-order valence-electron chi connectivity index (χ1n) is 6.27. The first-order chi connectivity index (χ1) is 8.34. The second kappa shape index (κ2) is 6.23. The maximum Gasteiger partial charge on any atom is 0.145 e. The lowest BCUT2D eigenvalue weighted by molar-refractivity contribution is 0.650. The number of hydrogen-bond donors (Lipinski definition) is 0. The van der Waals surface area contributed by atoms with Crippen LogP contribution in [-0.4, -0.2) is 19.7 Å². The van der Waals surface area contributed by atoms with Crippen molar-refractivity contribution in [1.82, 2.24) is 4.98 Å². The van der Waals surface area contributed by atoms with Gasteiger partial charge >= 0.3 is 0 Å². The summed E-state index contributed by atoms with van der Waals surface area (Å²) in [6.45, 7) is 9.77. The van der Waals surface area contributed by atoms with Crippen molar-refractivity contribution in [3.63, 3.8) is 0 Å². The van der Waals surface area contributed by atoms with Gasteiger partial charge in [-0.1, -0.05) is 13.3 Å². The van der Waals surface area contributed by atoms with Crippen LogP contribution >= 0.6 is 0 Å². The van der Waals surface area contributed by atoms with Crippen LogP contribution in [-0.2, 0) is 17.4 Å². The minimum absolute atomic E-state index is 0.323. The highest BCUT2D eigenvalue weighted by molar-refractivity contribution is 7.85. The minimum Gasteiger partial charge on any atom is -0.261 e. The number of pyridine rings is 1. The normalized spacial score (nSPS) is 14.6. The van der Waals surface area contributed by atoms with Gasteiger partial charge in [-0.3, -0.25) is 4.98 Å². The lowest BCUT2D eigenvalue weighted by Crippen LogP contribution is -2.20. The molecule has 1 heterocycles. The van der Waals surface area contributed by atoms with E-state index in [0.29, 0.717) is 0 Å².